The topological polar surface area (TPSA) is 59.6 Å². The first-order valence-electron chi connectivity index (χ1n) is 7.78. The second kappa shape index (κ2) is 9.95. The van der Waals surface area contributed by atoms with Gasteiger partial charge >= 0.3 is 0 Å². The highest BCUT2D eigenvalue weighted by molar-refractivity contribution is 9.10. The van der Waals surface area contributed by atoms with E-state index in [1.165, 1.54) is 0 Å². The summed E-state index contributed by atoms with van der Waals surface area (Å²) in [6.07, 6.45) is 0. The summed E-state index contributed by atoms with van der Waals surface area (Å²) in [5.41, 5.74) is 1.52. The van der Waals surface area contributed by atoms with Gasteiger partial charge in [0.1, 0.15) is 12.4 Å². The van der Waals surface area contributed by atoms with Crippen LogP contribution in [0, 0.1) is 0 Å². The predicted octanol–water partition coefficient (Wildman–Crippen LogP) is 3.92. The fourth-order valence-corrected chi connectivity index (χ4v) is 2.43. The summed E-state index contributed by atoms with van der Waals surface area (Å²) in [4.78, 5) is 12.1. The molecule has 2 N–H and O–H groups in total. The van der Waals surface area contributed by atoms with Crippen molar-refractivity contribution in [3.8, 4) is 5.75 Å². The Morgan fingerprint density at radius 3 is 2.75 bits per heavy atom. The van der Waals surface area contributed by atoms with Crippen LogP contribution in [0.15, 0.2) is 53.0 Å². The Labute approximate surface area is 150 Å². The highest BCUT2D eigenvalue weighted by atomic mass is 79.9. The Bertz CT molecular complexity index is 664. The van der Waals surface area contributed by atoms with E-state index in [9.17, 15) is 4.79 Å². The SMILES string of the molecule is CCOCCOc1ccccc1NC(=O)CNc1cccc(Br)c1. The number of hydrogen-bond donors (Lipinski definition) is 2. The van der Waals surface area contributed by atoms with Crippen molar-refractivity contribution in [1.29, 1.82) is 0 Å². The fraction of sp³-hybridized carbons (Fsp3) is 0.278. The van der Waals surface area contributed by atoms with E-state index in [0.717, 1.165) is 10.2 Å². The number of hydrogen-bond acceptors (Lipinski definition) is 4. The molecule has 0 saturated carbocycles. The fourth-order valence-electron chi connectivity index (χ4n) is 2.03. The van der Waals surface area contributed by atoms with Crippen molar-refractivity contribution < 1.29 is 14.3 Å². The van der Waals surface area contributed by atoms with E-state index in [-0.39, 0.29) is 12.5 Å². The second-order valence-corrected chi connectivity index (χ2v) is 5.87. The molecule has 5 nitrogen and oxygen atoms in total. The number of amides is 1. The molecule has 128 valence electrons. The van der Waals surface area contributed by atoms with Gasteiger partial charge < -0.3 is 20.1 Å². The standard InChI is InChI=1S/C18H21BrN2O3/c1-2-23-10-11-24-17-9-4-3-8-16(17)21-18(22)13-20-15-7-5-6-14(19)12-15/h3-9,12,20H,2,10-11,13H2,1H3,(H,21,22). The van der Waals surface area contributed by atoms with Gasteiger partial charge in [-0.05, 0) is 37.3 Å². The largest absolute Gasteiger partial charge is 0.489 e. The van der Waals surface area contributed by atoms with E-state index >= 15 is 0 Å². The van der Waals surface area contributed by atoms with Crippen LogP contribution in [0.4, 0.5) is 11.4 Å². The maximum atomic E-state index is 12.1. The molecule has 0 fully saturated rings. The maximum Gasteiger partial charge on any atom is 0.243 e. The molecule has 0 radical (unpaired) electrons. The summed E-state index contributed by atoms with van der Waals surface area (Å²) in [5.74, 6) is 0.490. The summed E-state index contributed by atoms with van der Waals surface area (Å²) in [6, 6.07) is 15.0. The minimum absolute atomic E-state index is 0.143. The van der Waals surface area contributed by atoms with Gasteiger partial charge in [-0.3, -0.25) is 4.79 Å². The summed E-state index contributed by atoms with van der Waals surface area (Å²) in [5, 5.41) is 5.94. The number of halogens is 1. The second-order valence-electron chi connectivity index (χ2n) is 4.95. The smallest absolute Gasteiger partial charge is 0.243 e. The lowest BCUT2D eigenvalue weighted by Crippen LogP contribution is -2.22. The average molecular weight is 393 g/mol. The molecule has 2 aromatic rings. The Morgan fingerprint density at radius 2 is 1.96 bits per heavy atom. The molecule has 0 aliphatic carbocycles. The molecule has 0 heterocycles. The summed E-state index contributed by atoms with van der Waals surface area (Å²) >= 11 is 3.40. The van der Waals surface area contributed by atoms with Crippen LogP contribution in [-0.4, -0.2) is 32.3 Å². The molecule has 0 saturated heterocycles. The first-order valence-corrected chi connectivity index (χ1v) is 8.57. The Morgan fingerprint density at radius 1 is 1.12 bits per heavy atom. The third-order valence-electron chi connectivity index (χ3n) is 3.13. The van der Waals surface area contributed by atoms with Crippen LogP contribution >= 0.6 is 15.9 Å². The van der Waals surface area contributed by atoms with Gasteiger partial charge in [0.2, 0.25) is 5.91 Å². The minimum atomic E-state index is -0.143. The zero-order valence-corrected chi connectivity index (χ0v) is 15.1. The molecule has 2 rings (SSSR count). The number of para-hydroxylation sites is 2. The molecule has 6 heteroatoms. The van der Waals surface area contributed by atoms with Crippen LogP contribution in [0.2, 0.25) is 0 Å². The Kier molecular flexibility index (Phi) is 7.58. The first kappa shape index (κ1) is 18.3. The van der Waals surface area contributed by atoms with Crippen LogP contribution in [0.25, 0.3) is 0 Å². The number of anilines is 2. The summed E-state index contributed by atoms with van der Waals surface area (Å²) in [6.45, 7) is 3.72. The summed E-state index contributed by atoms with van der Waals surface area (Å²) in [7, 11) is 0. The van der Waals surface area contributed by atoms with Crippen molar-refractivity contribution in [2.24, 2.45) is 0 Å². The molecule has 2 aromatic carbocycles. The van der Waals surface area contributed by atoms with Crippen LogP contribution in [0.1, 0.15) is 6.92 Å². The Balaban J connectivity index is 1.86. The number of carbonyl (C=O) groups excluding carboxylic acids is 1. The first-order chi connectivity index (χ1) is 11.7. The van der Waals surface area contributed by atoms with Crippen molar-refractivity contribution in [3.63, 3.8) is 0 Å². The molecule has 0 atom stereocenters. The van der Waals surface area contributed by atoms with Gasteiger partial charge in [-0.1, -0.05) is 34.1 Å². The Hall–Kier alpha value is -2.05. The number of ether oxygens (including phenoxy) is 2. The van der Waals surface area contributed by atoms with Crippen LogP contribution in [-0.2, 0) is 9.53 Å². The number of rotatable bonds is 9. The van der Waals surface area contributed by atoms with Gasteiger partial charge in [-0.2, -0.15) is 0 Å². The molecule has 24 heavy (non-hydrogen) atoms. The van der Waals surface area contributed by atoms with Crippen LogP contribution < -0.4 is 15.4 Å². The van der Waals surface area contributed by atoms with Crippen LogP contribution in [0.3, 0.4) is 0 Å². The third-order valence-corrected chi connectivity index (χ3v) is 3.62. The minimum Gasteiger partial charge on any atom is -0.489 e. The molecule has 0 spiro atoms. The highest BCUT2D eigenvalue weighted by Crippen LogP contribution is 2.23. The van der Waals surface area contributed by atoms with Crippen molar-refractivity contribution in [3.05, 3.63) is 53.0 Å². The van der Waals surface area contributed by atoms with Gasteiger partial charge in [0.25, 0.3) is 0 Å². The monoisotopic (exact) mass is 392 g/mol. The van der Waals surface area contributed by atoms with Crippen molar-refractivity contribution in [2.75, 3.05) is 37.0 Å². The van der Waals surface area contributed by atoms with Crippen molar-refractivity contribution in [1.82, 2.24) is 0 Å². The lowest BCUT2D eigenvalue weighted by atomic mass is 10.3. The lowest BCUT2D eigenvalue weighted by Gasteiger charge is -2.13. The van der Waals surface area contributed by atoms with E-state index in [4.69, 9.17) is 9.47 Å². The van der Waals surface area contributed by atoms with Gasteiger partial charge in [0.15, 0.2) is 0 Å². The average Bonchev–Trinajstić information content (AvgIpc) is 2.58. The molecule has 0 aliphatic rings. The van der Waals surface area contributed by atoms with Gasteiger partial charge in [0, 0.05) is 16.8 Å². The maximum absolute atomic E-state index is 12.1. The van der Waals surface area contributed by atoms with Gasteiger partial charge in [0.05, 0.1) is 18.8 Å². The molecular weight excluding hydrogens is 372 g/mol. The van der Waals surface area contributed by atoms with E-state index < -0.39 is 0 Å². The molecular formula is C18H21BrN2O3. The highest BCUT2D eigenvalue weighted by Gasteiger charge is 2.07. The lowest BCUT2D eigenvalue weighted by molar-refractivity contribution is -0.114. The number of nitrogens with one attached hydrogen (secondary N) is 2. The zero-order chi connectivity index (χ0) is 17.2. The van der Waals surface area contributed by atoms with Crippen molar-refractivity contribution >= 4 is 33.2 Å². The quantitative estimate of drug-likeness (QED) is 0.635. The van der Waals surface area contributed by atoms with E-state index in [0.29, 0.717) is 31.3 Å². The molecule has 0 bridgehead atoms. The molecule has 0 aliphatic heterocycles. The summed E-state index contributed by atoms with van der Waals surface area (Å²) < 4.78 is 11.9. The van der Waals surface area contributed by atoms with E-state index in [1.807, 2.05) is 55.5 Å². The molecule has 0 aromatic heterocycles. The van der Waals surface area contributed by atoms with Crippen LogP contribution in [0.5, 0.6) is 5.75 Å². The molecule has 0 unspecified atom stereocenters. The zero-order valence-electron chi connectivity index (χ0n) is 13.5. The van der Waals surface area contributed by atoms with E-state index in [2.05, 4.69) is 26.6 Å². The predicted molar refractivity (Wildman–Crippen MR) is 99.7 cm³/mol. The number of carbonyl (C=O) groups is 1. The normalized spacial score (nSPS) is 10.2. The molecule has 1 amide bonds. The number of benzene rings is 2. The van der Waals surface area contributed by atoms with Gasteiger partial charge in [-0.15, -0.1) is 0 Å². The van der Waals surface area contributed by atoms with E-state index in [1.54, 1.807) is 0 Å². The third kappa shape index (κ3) is 6.22. The van der Waals surface area contributed by atoms with Crippen molar-refractivity contribution in [2.45, 2.75) is 6.92 Å². The van der Waals surface area contributed by atoms with Gasteiger partial charge in [-0.25, -0.2) is 0 Å².